The molecule has 4 amide bonds. The van der Waals surface area contributed by atoms with Gasteiger partial charge in [-0.3, -0.25) is 19.2 Å². The Bertz CT molecular complexity index is 1170. The summed E-state index contributed by atoms with van der Waals surface area (Å²) in [7, 11) is 1.51. The minimum atomic E-state index is -0.864. The van der Waals surface area contributed by atoms with Crippen molar-refractivity contribution in [2.24, 2.45) is 0 Å². The minimum Gasteiger partial charge on any atom is -0.493 e. The molecule has 39 heavy (non-hydrogen) atoms. The quantitative estimate of drug-likeness (QED) is 0.550. The molecule has 2 aromatic rings. The molecule has 0 aromatic heterocycles. The van der Waals surface area contributed by atoms with Gasteiger partial charge in [0.05, 0.1) is 13.7 Å². The van der Waals surface area contributed by atoms with Crippen molar-refractivity contribution in [3.05, 3.63) is 59.7 Å². The second-order valence-electron chi connectivity index (χ2n) is 9.71. The fourth-order valence-electron chi connectivity index (χ4n) is 4.88. The van der Waals surface area contributed by atoms with E-state index in [2.05, 4.69) is 16.0 Å². The molecule has 0 radical (unpaired) electrons. The summed E-state index contributed by atoms with van der Waals surface area (Å²) in [5.74, 6) is -0.323. The van der Waals surface area contributed by atoms with Crippen LogP contribution in [0.2, 0.25) is 0 Å². The van der Waals surface area contributed by atoms with E-state index in [0.29, 0.717) is 43.0 Å². The highest BCUT2D eigenvalue weighted by molar-refractivity contribution is 5.98. The van der Waals surface area contributed by atoms with Crippen LogP contribution in [-0.4, -0.2) is 74.0 Å². The van der Waals surface area contributed by atoms with Crippen molar-refractivity contribution in [1.29, 1.82) is 0 Å². The molecule has 2 bridgehead atoms. The molecule has 4 rings (SSSR count). The number of hydrogen-bond acceptors (Lipinski definition) is 6. The molecule has 1 fully saturated rings. The van der Waals surface area contributed by atoms with Crippen LogP contribution in [0.25, 0.3) is 0 Å². The number of methoxy groups -OCH3 is 1. The van der Waals surface area contributed by atoms with E-state index < -0.39 is 23.9 Å². The number of fused-ring (bicyclic) bond motifs is 3. The average Bonchev–Trinajstić information content (AvgIpc) is 2.96. The van der Waals surface area contributed by atoms with Gasteiger partial charge in [-0.1, -0.05) is 30.3 Å². The summed E-state index contributed by atoms with van der Waals surface area (Å²) in [6.07, 6.45) is 3.19. The second-order valence-corrected chi connectivity index (χ2v) is 9.71. The van der Waals surface area contributed by atoms with Crippen LogP contribution in [-0.2, 0) is 20.8 Å². The number of hydrogen-bond donors (Lipinski definition) is 3. The molecule has 2 aliphatic rings. The van der Waals surface area contributed by atoms with E-state index in [1.54, 1.807) is 23.1 Å². The van der Waals surface area contributed by atoms with Gasteiger partial charge < -0.3 is 30.3 Å². The molecular formula is C29H36N4O6. The molecule has 10 nitrogen and oxygen atoms in total. The Morgan fingerprint density at radius 2 is 1.74 bits per heavy atom. The maximum atomic E-state index is 13.2. The van der Waals surface area contributed by atoms with E-state index in [1.165, 1.54) is 7.11 Å². The van der Waals surface area contributed by atoms with Crippen molar-refractivity contribution in [3.63, 3.8) is 0 Å². The first kappa shape index (κ1) is 27.9. The summed E-state index contributed by atoms with van der Waals surface area (Å²) < 4.78 is 11.3. The van der Waals surface area contributed by atoms with E-state index in [4.69, 9.17) is 9.47 Å². The summed E-state index contributed by atoms with van der Waals surface area (Å²) in [5, 5.41) is 8.56. The lowest BCUT2D eigenvalue weighted by Gasteiger charge is -2.35. The number of amides is 4. The molecule has 1 saturated heterocycles. The molecule has 2 aliphatic heterocycles. The first-order valence-corrected chi connectivity index (χ1v) is 13.5. The van der Waals surface area contributed by atoms with Gasteiger partial charge in [0.15, 0.2) is 11.5 Å². The first-order valence-electron chi connectivity index (χ1n) is 13.5. The van der Waals surface area contributed by atoms with Crippen molar-refractivity contribution in [2.75, 3.05) is 33.4 Å². The number of nitrogens with one attached hydrogen (secondary N) is 3. The molecule has 0 saturated carbocycles. The third-order valence-electron chi connectivity index (χ3n) is 6.97. The van der Waals surface area contributed by atoms with E-state index >= 15 is 0 Å². The number of nitrogens with zero attached hydrogens (tertiary/aromatic N) is 1. The molecule has 208 valence electrons. The first-order chi connectivity index (χ1) is 19.0. The van der Waals surface area contributed by atoms with Crippen LogP contribution in [0, 0.1) is 0 Å². The van der Waals surface area contributed by atoms with E-state index in [1.807, 2.05) is 30.3 Å². The highest BCUT2D eigenvalue weighted by Gasteiger charge is 2.32. The summed E-state index contributed by atoms with van der Waals surface area (Å²) in [6.45, 7) is 1.28. The molecule has 3 N–H and O–H groups in total. The lowest BCUT2D eigenvalue weighted by atomic mass is 10.0. The molecule has 0 unspecified atom stereocenters. The van der Waals surface area contributed by atoms with Crippen LogP contribution in [0.4, 0.5) is 0 Å². The summed E-state index contributed by atoms with van der Waals surface area (Å²) >= 11 is 0. The molecule has 2 aromatic carbocycles. The lowest BCUT2D eigenvalue weighted by molar-refractivity contribution is -0.142. The smallest absolute Gasteiger partial charge is 0.252 e. The number of carbonyl (C=O) groups excluding carboxylic acids is 4. The fourth-order valence-corrected chi connectivity index (χ4v) is 4.88. The van der Waals surface area contributed by atoms with Crippen molar-refractivity contribution in [2.45, 2.75) is 50.6 Å². The highest BCUT2D eigenvalue weighted by Crippen LogP contribution is 2.28. The van der Waals surface area contributed by atoms with Crippen LogP contribution in [0.5, 0.6) is 11.5 Å². The highest BCUT2D eigenvalue weighted by atomic mass is 16.5. The molecule has 2 atom stereocenters. The van der Waals surface area contributed by atoms with Gasteiger partial charge in [0.1, 0.15) is 12.1 Å². The van der Waals surface area contributed by atoms with Gasteiger partial charge in [-0.2, -0.15) is 0 Å². The van der Waals surface area contributed by atoms with E-state index in [0.717, 1.165) is 18.4 Å². The maximum absolute atomic E-state index is 13.2. The van der Waals surface area contributed by atoms with E-state index in [-0.39, 0.29) is 37.8 Å². The zero-order valence-corrected chi connectivity index (χ0v) is 22.2. The van der Waals surface area contributed by atoms with Crippen molar-refractivity contribution >= 4 is 23.6 Å². The molecule has 0 spiro atoms. The van der Waals surface area contributed by atoms with Gasteiger partial charge in [-0.15, -0.1) is 0 Å². The van der Waals surface area contributed by atoms with Gasteiger partial charge in [-0.25, -0.2) is 0 Å². The van der Waals surface area contributed by atoms with E-state index in [9.17, 15) is 19.2 Å². The fraction of sp³-hybridized carbons (Fsp3) is 0.448. The molecule has 10 heteroatoms. The number of rotatable bonds is 3. The second kappa shape index (κ2) is 13.6. The third kappa shape index (κ3) is 7.49. The SMILES string of the molecule is COc1ccc2cc1OCCCNC(=O)[C@H]1CCCCN1C(=O)CCNC(=O)[C@H](Cc1ccccc1)NC2=O. The monoisotopic (exact) mass is 536 g/mol. The Morgan fingerprint density at radius 1 is 0.949 bits per heavy atom. The van der Waals surface area contributed by atoms with Gasteiger partial charge >= 0.3 is 0 Å². The normalized spacial score (nSPS) is 21.6. The zero-order valence-electron chi connectivity index (χ0n) is 22.2. The third-order valence-corrected chi connectivity index (χ3v) is 6.97. The van der Waals surface area contributed by atoms with Crippen molar-refractivity contribution in [1.82, 2.24) is 20.9 Å². The van der Waals surface area contributed by atoms with Crippen LogP contribution in [0.3, 0.4) is 0 Å². The number of benzene rings is 2. The summed E-state index contributed by atoms with van der Waals surface area (Å²) in [5.41, 5.74) is 1.20. The molecule has 2 heterocycles. The zero-order chi connectivity index (χ0) is 27.6. The predicted molar refractivity (Wildman–Crippen MR) is 144 cm³/mol. The number of ether oxygens (including phenoxy) is 2. The Labute approximate surface area is 228 Å². The van der Waals surface area contributed by atoms with Crippen LogP contribution in [0.15, 0.2) is 48.5 Å². The van der Waals surface area contributed by atoms with Crippen molar-refractivity contribution < 1.29 is 28.7 Å². The number of piperidine rings is 1. The van der Waals surface area contributed by atoms with Gasteiger partial charge in [0, 0.05) is 38.0 Å². The average molecular weight is 537 g/mol. The Kier molecular flexibility index (Phi) is 9.77. The molecule has 0 aliphatic carbocycles. The van der Waals surface area contributed by atoms with Crippen LogP contribution in [0.1, 0.15) is 48.0 Å². The molecular weight excluding hydrogens is 500 g/mol. The Morgan fingerprint density at radius 3 is 2.54 bits per heavy atom. The lowest BCUT2D eigenvalue weighted by Crippen LogP contribution is -2.53. The predicted octanol–water partition coefficient (Wildman–Crippen LogP) is 1.82. The topological polar surface area (TPSA) is 126 Å². The maximum Gasteiger partial charge on any atom is 0.252 e. The largest absolute Gasteiger partial charge is 0.493 e. The van der Waals surface area contributed by atoms with Crippen LogP contribution >= 0.6 is 0 Å². The summed E-state index contributed by atoms with van der Waals surface area (Å²) in [6, 6.07) is 12.8. The number of carbonyl (C=O) groups is 4. The van der Waals surface area contributed by atoms with Crippen LogP contribution < -0.4 is 25.4 Å². The van der Waals surface area contributed by atoms with Crippen molar-refractivity contribution in [3.8, 4) is 11.5 Å². The Hall–Kier alpha value is -4.08. The van der Waals surface area contributed by atoms with Gasteiger partial charge in [0.25, 0.3) is 5.91 Å². The minimum absolute atomic E-state index is 0.0667. The van der Waals surface area contributed by atoms with Gasteiger partial charge in [-0.05, 0) is 49.4 Å². The Balaban J connectivity index is 1.57. The standard InChI is InChI=1S/C29H36N4O6/c1-38-24-12-11-21-19-25(24)39-17-7-14-30-29(37)23-10-5-6-16-33(23)26(34)13-15-31-28(36)22(32-27(21)35)18-20-8-3-2-4-9-20/h2-4,8-9,11-12,19,22-23H,5-7,10,13-18H2,1H3,(H,30,37)(H,31,36)(H,32,35)/t22-,23+/m0/s1. The van der Waals surface area contributed by atoms with Gasteiger partial charge in [0.2, 0.25) is 17.7 Å². The summed E-state index contributed by atoms with van der Waals surface area (Å²) in [4.78, 5) is 54.0.